The molecule has 2 aromatic carbocycles. The van der Waals surface area contributed by atoms with Gasteiger partial charge in [0.05, 0.1) is 28.8 Å². The summed E-state index contributed by atoms with van der Waals surface area (Å²) < 4.78 is 0. The predicted octanol–water partition coefficient (Wildman–Crippen LogP) is 4.43. The van der Waals surface area contributed by atoms with Gasteiger partial charge in [-0.1, -0.05) is 41.4 Å². The number of benzene rings is 2. The van der Waals surface area contributed by atoms with E-state index in [1.165, 1.54) is 0 Å². The van der Waals surface area contributed by atoms with E-state index < -0.39 is 0 Å². The van der Waals surface area contributed by atoms with Gasteiger partial charge >= 0.3 is 0 Å². The zero-order valence-electron chi connectivity index (χ0n) is 15.8. The summed E-state index contributed by atoms with van der Waals surface area (Å²) in [5.74, 6) is -0.489. The van der Waals surface area contributed by atoms with Crippen molar-refractivity contribution < 1.29 is 9.59 Å². The predicted molar refractivity (Wildman–Crippen MR) is 112 cm³/mol. The lowest BCUT2D eigenvalue weighted by molar-refractivity contribution is -0.119. The van der Waals surface area contributed by atoms with Crippen molar-refractivity contribution in [1.29, 1.82) is 0 Å². The molecule has 27 heavy (non-hydrogen) atoms. The smallest absolute Gasteiger partial charge is 0.238 e. The average molecular weight is 408 g/mol. The Kier molecular flexibility index (Phi) is 7.25. The van der Waals surface area contributed by atoms with Crippen LogP contribution >= 0.6 is 23.2 Å². The topological polar surface area (TPSA) is 61.4 Å². The molecule has 0 aliphatic rings. The lowest BCUT2D eigenvalue weighted by atomic mass is 10.1. The Morgan fingerprint density at radius 3 is 2.22 bits per heavy atom. The molecule has 144 valence electrons. The molecule has 7 heteroatoms. The average Bonchev–Trinajstić information content (AvgIpc) is 2.59. The maximum Gasteiger partial charge on any atom is 0.238 e. The van der Waals surface area contributed by atoms with Gasteiger partial charge in [0, 0.05) is 5.69 Å². The molecule has 2 aromatic rings. The van der Waals surface area contributed by atoms with Crippen molar-refractivity contribution in [3.63, 3.8) is 0 Å². The summed E-state index contributed by atoms with van der Waals surface area (Å²) in [7, 11) is 1.70. The van der Waals surface area contributed by atoms with E-state index in [-0.39, 0.29) is 24.9 Å². The van der Waals surface area contributed by atoms with Crippen molar-refractivity contribution in [3.8, 4) is 0 Å². The molecule has 0 saturated carbocycles. The number of hydrogen-bond donors (Lipinski definition) is 2. The van der Waals surface area contributed by atoms with Crippen LogP contribution in [0.15, 0.2) is 30.3 Å². The number of nitrogens with one attached hydrogen (secondary N) is 2. The van der Waals surface area contributed by atoms with E-state index in [9.17, 15) is 9.59 Å². The lowest BCUT2D eigenvalue weighted by Crippen LogP contribution is -2.36. The van der Waals surface area contributed by atoms with E-state index in [2.05, 4.69) is 10.6 Å². The number of likely N-dealkylation sites (N-methyl/N-ethyl adjacent to an activating group) is 1. The van der Waals surface area contributed by atoms with E-state index in [4.69, 9.17) is 23.2 Å². The maximum absolute atomic E-state index is 12.3. The lowest BCUT2D eigenvalue weighted by Gasteiger charge is -2.18. The second kappa shape index (κ2) is 9.22. The van der Waals surface area contributed by atoms with E-state index in [0.717, 1.165) is 22.4 Å². The fourth-order valence-corrected chi connectivity index (χ4v) is 3.04. The summed E-state index contributed by atoms with van der Waals surface area (Å²) in [6, 6.07) is 9.20. The first-order chi connectivity index (χ1) is 12.7. The molecule has 0 fully saturated rings. The SMILES string of the molecule is Cc1cccc(NC(=O)CN(C)CC(=O)Nc2c(Cl)ccc(C)c2Cl)c1C. The minimum atomic E-state index is -0.300. The Hall–Kier alpha value is -2.08. The monoisotopic (exact) mass is 407 g/mol. The molecule has 0 aromatic heterocycles. The molecule has 2 rings (SSSR count). The highest BCUT2D eigenvalue weighted by Crippen LogP contribution is 2.32. The second-order valence-electron chi connectivity index (χ2n) is 6.57. The number of aryl methyl sites for hydroxylation is 2. The van der Waals surface area contributed by atoms with Crippen LogP contribution < -0.4 is 10.6 Å². The van der Waals surface area contributed by atoms with Crippen molar-refractivity contribution in [2.45, 2.75) is 20.8 Å². The third kappa shape index (κ3) is 5.70. The van der Waals surface area contributed by atoms with E-state index >= 15 is 0 Å². The molecule has 0 bridgehead atoms. The molecule has 0 heterocycles. The van der Waals surface area contributed by atoms with Crippen molar-refractivity contribution in [2.24, 2.45) is 0 Å². The van der Waals surface area contributed by atoms with Crippen molar-refractivity contribution in [1.82, 2.24) is 4.90 Å². The maximum atomic E-state index is 12.3. The van der Waals surface area contributed by atoms with Crippen LogP contribution in [0.25, 0.3) is 0 Å². The Labute approximate surface area is 169 Å². The van der Waals surface area contributed by atoms with Crippen LogP contribution in [0.2, 0.25) is 10.0 Å². The number of carbonyl (C=O) groups is 2. The van der Waals surface area contributed by atoms with Crippen LogP contribution in [0.4, 0.5) is 11.4 Å². The molecule has 0 saturated heterocycles. The first-order valence-electron chi connectivity index (χ1n) is 8.48. The first kappa shape index (κ1) is 21.2. The number of hydrogen-bond acceptors (Lipinski definition) is 3. The number of carbonyl (C=O) groups excluding carboxylic acids is 2. The summed E-state index contributed by atoms with van der Waals surface area (Å²) >= 11 is 12.3. The molecule has 0 spiro atoms. The summed E-state index contributed by atoms with van der Waals surface area (Å²) in [6.07, 6.45) is 0. The van der Waals surface area contributed by atoms with Gasteiger partial charge < -0.3 is 10.6 Å². The van der Waals surface area contributed by atoms with Gasteiger partial charge in [-0.3, -0.25) is 14.5 Å². The van der Waals surface area contributed by atoms with Gasteiger partial charge in [0.25, 0.3) is 0 Å². The minimum absolute atomic E-state index is 0.0286. The van der Waals surface area contributed by atoms with Gasteiger partial charge in [0.15, 0.2) is 0 Å². The van der Waals surface area contributed by atoms with Crippen LogP contribution in [0, 0.1) is 20.8 Å². The number of amides is 2. The van der Waals surface area contributed by atoms with E-state index in [1.807, 2.05) is 39.0 Å². The second-order valence-corrected chi connectivity index (χ2v) is 7.35. The quantitative estimate of drug-likeness (QED) is 0.744. The summed E-state index contributed by atoms with van der Waals surface area (Å²) in [5, 5.41) is 6.37. The highest BCUT2D eigenvalue weighted by atomic mass is 35.5. The van der Waals surface area contributed by atoms with Gasteiger partial charge in [-0.15, -0.1) is 0 Å². The summed E-state index contributed by atoms with van der Waals surface area (Å²) in [6.45, 7) is 5.88. The largest absolute Gasteiger partial charge is 0.325 e. The molecule has 0 radical (unpaired) electrons. The molecular formula is C20H23Cl2N3O2. The minimum Gasteiger partial charge on any atom is -0.325 e. The molecule has 2 N–H and O–H groups in total. The molecule has 0 aliphatic heterocycles. The molecular weight excluding hydrogens is 385 g/mol. The fraction of sp³-hybridized carbons (Fsp3) is 0.300. The third-order valence-corrected chi connectivity index (χ3v) is 5.06. The van der Waals surface area contributed by atoms with Crippen molar-refractivity contribution in [3.05, 3.63) is 57.1 Å². The Balaban J connectivity index is 1.92. The normalized spacial score (nSPS) is 10.8. The van der Waals surface area contributed by atoms with E-state index in [0.29, 0.717) is 15.7 Å². The summed E-state index contributed by atoms with van der Waals surface area (Å²) in [5.41, 5.74) is 4.10. The van der Waals surface area contributed by atoms with Crippen molar-refractivity contribution >= 4 is 46.4 Å². The Morgan fingerprint density at radius 2 is 1.56 bits per heavy atom. The van der Waals surface area contributed by atoms with Crippen LogP contribution in [0.1, 0.15) is 16.7 Å². The molecule has 0 aliphatic carbocycles. The molecule has 0 atom stereocenters. The first-order valence-corrected chi connectivity index (χ1v) is 9.23. The van der Waals surface area contributed by atoms with Crippen molar-refractivity contribution in [2.75, 3.05) is 30.8 Å². The zero-order chi connectivity index (χ0) is 20.1. The molecule has 0 unspecified atom stereocenters. The van der Waals surface area contributed by atoms with Crippen LogP contribution in [0.5, 0.6) is 0 Å². The summed E-state index contributed by atoms with van der Waals surface area (Å²) in [4.78, 5) is 26.1. The van der Waals surface area contributed by atoms with Crippen LogP contribution in [-0.4, -0.2) is 36.9 Å². The fourth-order valence-electron chi connectivity index (χ4n) is 2.57. The highest BCUT2D eigenvalue weighted by Gasteiger charge is 2.15. The molecule has 2 amide bonds. The van der Waals surface area contributed by atoms with Gasteiger partial charge in [0.2, 0.25) is 11.8 Å². The standard InChI is InChI=1S/C20H23Cl2N3O2/c1-12-6-5-7-16(14(12)3)23-17(26)10-25(4)11-18(27)24-20-15(21)9-8-13(2)19(20)22/h5-9H,10-11H2,1-4H3,(H,23,26)(H,24,27). The Morgan fingerprint density at radius 1 is 0.926 bits per heavy atom. The highest BCUT2D eigenvalue weighted by molar-refractivity contribution is 6.40. The molecule has 5 nitrogen and oxygen atoms in total. The van der Waals surface area contributed by atoms with Gasteiger partial charge in [-0.05, 0) is 56.6 Å². The van der Waals surface area contributed by atoms with Gasteiger partial charge in [0.1, 0.15) is 0 Å². The van der Waals surface area contributed by atoms with Gasteiger partial charge in [-0.25, -0.2) is 0 Å². The number of halogens is 2. The number of nitrogens with zero attached hydrogens (tertiary/aromatic N) is 1. The Bertz CT molecular complexity index is 869. The van der Waals surface area contributed by atoms with Crippen LogP contribution in [0.3, 0.4) is 0 Å². The van der Waals surface area contributed by atoms with E-state index in [1.54, 1.807) is 24.1 Å². The van der Waals surface area contributed by atoms with Gasteiger partial charge in [-0.2, -0.15) is 0 Å². The number of rotatable bonds is 6. The number of anilines is 2. The third-order valence-electron chi connectivity index (χ3n) is 4.25. The van der Waals surface area contributed by atoms with Crippen LogP contribution in [-0.2, 0) is 9.59 Å². The zero-order valence-corrected chi connectivity index (χ0v) is 17.3.